The van der Waals surface area contributed by atoms with Crippen molar-refractivity contribution in [2.45, 2.75) is 62.7 Å². The second kappa shape index (κ2) is 11.7. The molecule has 1 unspecified atom stereocenters. The number of aromatic nitrogens is 4. The molecule has 1 aromatic carbocycles. The van der Waals surface area contributed by atoms with Crippen molar-refractivity contribution >= 4 is 40.6 Å². The lowest BCUT2D eigenvalue weighted by Gasteiger charge is -2.30. The molecule has 0 bridgehead atoms. The van der Waals surface area contributed by atoms with E-state index in [4.69, 9.17) is 26.8 Å². The molecule has 5 N–H and O–H groups in total. The monoisotopic (exact) mass is 595 g/mol. The maximum absolute atomic E-state index is 12.5. The average molecular weight is 596 g/mol. The number of fused-ring (bicyclic) bond motifs is 1. The highest BCUT2D eigenvalue weighted by Crippen LogP contribution is 2.33. The van der Waals surface area contributed by atoms with Crippen LogP contribution in [-0.2, 0) is 9.53 Å². The van der Waals surface area contributed by atoms with Gasteiger partial charge in [0, 0.05) is 25.6 Å². The number of rotatable bonds is 5. The van der Waals surface area contributed by atoms with E-state index in [0.29, 0.717) is 30.3 Å². The van der Waals surface area contributed by atoms with E-state index >= 15 is 0 Å². The number of piperidine rings is 1. The Bertz CT molecular complexity index is 1560. The summed E-state index contributed by atoms with van der Waals surface area (Å²) in [7, 11) is 0. The Kier molecular flexibility index (Phi) is 7.87. The lowest BCUT2D eigenvalue weighted by atomic mass is 9.94. The summed E-state index contributed by atoms with van der Waals surface area (Å²) in [5.74, 6) is 6.46. The van der Waals surface area contributed by atoms with Gasteiger partial charge in [0.2, 0.25) is 5.82 Å². The minimum Gasteiger partial charge on any atom is -0.409 e. The first-order valence-corrected chi connectivity index (χ1v) is 14.2. The Hall–Kier alpha value is -3.96. The Balaban J connectivity index is 1.08. The smallest absolute Gasteiger partial charge is 0.409 e. The van der Waals surface area contributed by atoms with Crippen LogP contribution in [-0.4, -0.2) is 84.1 Å². The highest BCUT2D eigenvalue weighted by Gasteiger charge is 2.48. The van der Waals surface area contributed by atoms with Crippen LogP contribution in [0.25, 0.3) is 11.2 Å². The van der Waals surface area contributed by atoms with Crippen LogP contribution in [0.15, 0.2) is 30.6 Å². The number of nitrogens with zero attached hydrogens (tertiary/aromatic N) is 5. The number of nitrogens with one attached hydrogen (secondary N) is 1. The summed E-state index contributed by atoms with van der Waals surface area (Å²) in [6, 6.07) is 6.92. The third kappa shape index (κ3) is 5.84. The van der Waals surface area contributed by atoms with Crippen LogP contribution >= 0.6 is 11.6 Å². The topological polar surface area (TPSA) is 178 Å². The van der Waals surface area contributed by atoms with Crippen LogP contribution in [0.4, 0.5) is 10.6 Å². The lowest BCUT2D eigenvalue weighted by Crippen LogP contribution is -2.43. The fourth-order valence-corrected chi connectivity index (χ4v) is 5.25. The van der Waals surface area contributed by atoms with Crippen molar-refractivity contribution in [3.05, 3.63) is 41.4 Å². The van der Waals surface area contributed by atoms with Gasteiger partial charge in [-0.2, -0.15) is 0 Å². The SMILES string of the molecule is Nc1nc(C#CCC2CCN(C(=O)Oc3ccccc3Cl)CC2)nc2c1ncn2[C@@H]1O[C@H](C(=O)NC2CC2)C(O)[C@@H]1O. The number of amides is 2. The van der Waals surface area contributed by atoms with Crippen LogP contribution in [0.2, 0.25) is 5.02 Å². The van der Waals surface area contributed by atoms with E-state index in [2.05, 4.69) is 32.1 Å². The van der Waals surface area contributed by atoms with Gasteiger partial charge in [0.25, 0.3) is 5.91 Å². The minimum absolute atomic E-state index is 0.0792. The first-order chi connectivity index (χ1) is 20.3. The molecule has 4 atom stereocenters. The Labute approximate surface area is 246 Å². The fraction of sp³-hybridized carbons (Fsp3) is 0.464. The van der Waals surface area contributed by atoms with E-state index in [1.165, 1.54) is 10.9 Å². The summed E-state index contributed by atoms with van der Waals surface area (Å²) in [5.41, 5.74) is 6.67. The second-order valence-corrected chi connectivity index (χ2v) is 11.1. The first-order valence-electron chi connectivity index (χ1n) is 13.8. The van der Waals surface area contributed by atoms with Gasteiger partial charge in [0.1, 0.15) is 17.7 Å². The van der Waals surface area contributed by atoms with Gasteiger partial charge in [-0.15, -0.1) is 0 Å². The molecule has 4 heterocycles. The number of hydrogen-bond acceptors (Lipinski definition) is 10. The molecule has 6 rings (SSSR count). The molecule has 42 heavy (non-hydrogen) atoms. The molecule has 3 aliphatic rings. The Morgan fingerprint density at radius 3 is 2.64 bits per heavy atom. The maximum Gasteiger partial charge on any atom is 0.415 e. The zero-order valence-electron chi connectivity index (χ0n) is 22.5. The summed E-state index contributed by atoms with van der Waals surface area (Å²) in [5, 5.41) is 24.3. The van der Waals surface area contributed by atoms with E-state index in [-0.39, 0.29) is 34.8 Å². The van der Waals surface area contributed by atoms with Crippen LogP contribution in [0, 0.1) is 17.8 Å². The number of nitrogen functional groups attached to an aromatic ring is 1. The number of hydrogen-bond donors (Lipinski definition) is 4. The summed E-state index contributed by atoms with van der Waals surface area (Å²) < 4.78 is 12.6. The van der Waals surface area contributed by atoms with Gasteiger partial charge in [0.15, 0.2) is 29.5 Å². The van der Waals surface area contributed by atoms with Crippen molar-refractivity contribution in [1.29, 1.82) is 0 Å². The molecule has 0 spiro atoms. The van der Waals surface area contributed by atoms with Crippen molar-refractivity contribution < 1.29 is 29.3 Å². The number of aliphatic hydroxyl groups excluding tert-OH is 2. The third-order valence-electron chi connectivity index (χ3n) is 7.64. The number of carbonyl (C=O) groups is 2. The molecule has 3 aromatic rings. The normalized spacial score (nSPS) is 24.3. The van der Waals surface area contributed by atoms with Gasteiger partial charge in [0.05, 0.1) is 11.3 Å². The van der Waals surface area contributed by atoms with Gasteiger partial charge >= 0.3 is 6.09 Å². The molecule has 220 valence electrons. The highest BCUT2D eigenvalue weighted by atomic mass is 35.5. The van der Waals surface area contributed by atoms with E-state index < -0.39 is 36.5 Å². The predicted molar refractivity (Wildman–Crippen MR) is 150 cm³/mol. The zero-order chi connectivity index (χ0) is 29.4. The van der Waals surface area contributed by atoms with Crippen molar-refractivity contribution in [2.24, 2.45) is 5.92 Å². The predicted octanol–water partition coefficient (Wildman–Crippen LogP) is 1.61. The molecular formula is C28H30ClN7O6. The van der Waals surface area contributed by atoms with E-state index in [9.17, 15) is 19.8 Å². The van der Waals surface area contributed by atoms with Crippen molar-refractivity contribution in [2.75, 3.05) is 18.8 Å². The highest BCUT2D eigenvalue weighted by molar-refractivity contribution is 6.32. The Morgan fingerprint density at radius 2 is 1.90 bits per heavy atom. The summed E-state index contributed by atoms with van der Waals surface area (Å²) in [6.07, 6.45) is -0.357. The molecule has 1 aliphatic carbocycles. The molecule has 13 nitrogen and oxygen atoms in total. The van der Waals surface area contributed by atoms with Gasteiger partial charge in [-0.05, 0) is 49.7 Å². The third-order valence-corrected chi connectivity index (χ3v) is 7.95. The van der Waals surface area contributed by atoms with E-state index in [1.807, 2.05) is 0 Å². The number of anilines is 1. The molecule has 2 aliphatic heterocycles. The lowest BCUT2D eigenvalue weighted by molar-refractivity contribution is -0.137. The second-order valence-electron chi connectivity index (χ2n) is 10.7. The summed E-state index contributed by atoms with van der Waals surface area (Å²) in [6.45, 7) is 1.08. The molecule has 2 aromatic heterocycles. The van der Waals surface area contributed by atoms with E-state index in [0.717, 1.165) is 25.7 Å². The largest absolute Gasteiger partial charge is 0.415 e. The quantitative estimate of drug-likeness (QED) is 0.317. The molecular weight excluding hydrogens is 566 g/mol. The molecule has 2 amide bonds. The maximum atomic E-state index is 12.5. The number of carbonyl (C=O) groups excluding carboxylic acids is 2. The number of halogens is 1. The number of imidazole rings is 1. The number of para-hydroxylation sites is 1. The summed E-state index contributed by atoms with van der Waals surface area (Å²) >= 11 is 6.09. The van der Waals surface area contributed by atoms with Crippen molar-refractivity contribution in [1.82, 2.24) is 29.7 Å². The van der Waals surface area contributed by atoms with Gasteiger partial charge in [-0.25, -0.2) is 19.7 Å². The molecule has 2 saturated heterocycles. The molecule has 0 radical (unpaired) electrons. The van der Waals surface area contributed by atoms with Crippen LogP contribution in [0.5, 0.6) is 5.75 Å². The van der Waals surface area contributed by atoms with Gasteiger partial charge < -0.3 is 35.6 Å². The van der Waals surface area contributed by atoms with Crippen LogP contribution in [0.1, 0.15) is 44.2 Å². The van der Waals surface area contributed by atoms with Gasteiger partial charge in [-0.3, -0.25) is 9.36 Å². The molecule has 1 saturated carbocycles. The first kappa shape index (κ1) is 28.2. The van der Waals surface area contributed by atoms with Crippen LogP contribution < -0.4 is 15.8 Å². The minimum atomic E-state index is -1.42. The fourth-order valence-electron chi connectivity index (χ4n) is 5.08. The number of benzene rings is 1. The Morgan fingerprint density at radius 1 is 1.14 bits per heavy atom. The van der Waals surface area contributed by atoms with Crippen molar-refractivity contribution in [3.63, 3.8) is 0 Å². The van der Waals surface area contributed by atoms with Crippen LogP contribution in [0.3, 0.4) is 0 Å². The average Bonchev–Trinajstić information content (AvgIpc) is 3.61. The summed E-state index contributed by atoms with van der Waals surface area (Å²) in [4.78, 5) is 39.6. The number of likely N-dealkylation sites (tertiary alicyclic amines) is 1. The van der Waals surface area contributed by atoms with Gasteiger partial charge in [-0.1, -0.05) is 29.7 Å². The number of nitrogens with two attached hydrogens (primary N) is 1. The standard InChI is InChI=1S/C28H30ClN7O6/c29-17-5-1-2-6-18(17)41-28(40)35-12-10-15(11-13-35)4-3-7-19-33-24(30)20-25(34-19)36(14-31-20)27-22(38)21(37)23(42-27)26(39)32-16-8-9-16/h1-2,5-6,14-16,21-23,27,37-38H,4,8-13H2,(H,32,39)(H2,30,33,34)/t21?,22-,23-,27+/m0/s1. The van der Waals surface area contributed by atoms with E-state index in [1.54, 1.807) is 29.2 Å². The van der Waals surface area contributed by atoms with Crippen molar-refractivity contribution in [3.8, 4) is 17.6 Å². The molecule has 14 heteroatoms. The molecule has 3 fully saturated rings. The number of ether oxygens (including phenoxy) is 2. The zero-order valence-corrected chi connectivity index (χ0v) is 23.3. The number of aliphatic hydroxyl groups is 2.